The van der Waals surface area contributed by atoms with Crippen LogP contribution in [0.15, 0.2) is 29.2 Å². The van der Waals surface area contributed by atoms with Crippen molar-refractivity contribution < 1.29 is 8.42 Å². The van der Waals surface area contributed by atoms with Gasteiger partial charge in [0.2, 0.25) is 10.0 Å². The Labute approximate surface area is 122 Å². The second-order valence-corrected chi connectivity index (χ2v) is 5.68. The van der Waals surface area contributed by atoms with E-state index in [0.717, 1.165) is 24.8 Å². The molecule has 0 spiro atoms. The van der Waals surface area contributed by atoms with Crippen molar-refractivity contribution in [3.8, 4) is 0 Å². The van der Waals surface area contributed by atoms with Crippen molar-refractivity contribution in [1.29, 1.82) is 0 Å². The van der Waals surface area contributed by atoms with Crippen LogP contribution < -0.4 is 4.72 Å². The zero-order valence-electron chi connectivity index (χ0n) is 10.7. The number of nitrogens with one attached hydrogen (secondary N) is 1. The van der Waals surface area contributed by atoms with E-state index in [9.17, 15) is 8.42 Å². The van der Waals surface area contributed by atoms with Gasteiger partial charge < -0.3 is 0 Å². The molecule has 1 N–H and O–H groups in total. The molecule has 0 saturated carbocycles. The molecule has 6 heteroatoms. The van der Waals surface area contributed by atoms with Crippen LogP contribution >= 0.6 is 24.8 Å². The Hall–Kier alpha value is -0.290. The van der Waals surface area contributed by atoms with Crippen LogP contribution in [0.4, 0.5) is 0 Å². The molecule has 0 aliphatic rings. The Morgan fingerprint density at radius 1 is 1.06 bits per heavy atom. The van der Waals surface area contributed by atoms with Crippen LogP contribution in [-0.4, -0.2) is 15.0 Å². The quantitative estimate of drug-likeness (QED) is 0.819. The van der Waals surface area contributed by atoms with Crippen molar-refractivity contribution in [2.24, 2.45) is 0 Å². The van der Waals surface area contributed by atoms with E-state index < -0.39 is 10.0 Å². The molecule has 0 heterocycles. The molecule has 0 unspecified atom stereocenters. The van der Waals surface area contributed by atoms with Crippen molar-refractivity contribution in [3.05, 3.63) is 29.8 Å². The number of benzene rings is 1. The van der Waals surface area contributed by atoms with Crippen LogP contribution in [0.1, 0.15) is 31.7 Å². The number of halogens is 2. The maximum absolute atomic E-state index is 11.8. The molecule has 106 valence electrons. The van der Waals surface area contributed by atoms with Crippen molar-refractivity contribution in [3.63, 3.8) is 0 Å². The summed E-state index contributed by atoms with van der Waals surface area (Å²) in [7, 11) is -3.31. The fourth-order valence-electron chi connectivity index (χ4n) is 1.38. The van der Waals surface area contributed by atoms with Crippen LogP contribution in [0, 0.1) is 6.92 Å². The summed E-state index contributed by atoms with van der Waals surface area (Å²) in [6.07, 6.45) is 3.03. The van der Waals surface area contributed by atoms with Gasteiger partial charge in [0.05, 0.1) is 4.90 Å². The van der Waals surface area contributed by atoms with Crippen molar-refractivity contribution in [1.82, 2.24) is 4.72 Å². The van der Waals surface area contributed by atoms with Gasteiger partial charge in [0.15, 0.2) is 0 Å². The molecule has 0 atom stereocenters. The summed E-state index contributed by atoms with van der Waals surface area (Å²) in [6, 6.07) is 6.89. The number of aryl methyl sites for hydroxylation is 1. The molecule has 1 aromatic carbocycles. The monoisotopic (exact) mass is 313 g/mol. The minimum Gasteiger partial charge on any atom is -0.211 e. The molecular formula is C12H21Cl2NO2S. The maximum Gasteiger partial charge on any atom is 0.240 e. The molecule has 1 rings (SSSR count). The van der Waals surface area contributed by atoms with Gasteiger partial charge in [-0.1, -0.05) is 37.5 Å². The molecule has 0 aliphatic heterocycles. The highest BCUT2D eigenvalue weighted by Gasteiger charge is 2.11. The molecular weight excluding hydrogens is 293 g/mol. The second kappa shape index (κ2) is 9.62. The van der Waals surface area contributed by atoms with Gasteiger partial charge in [0, 0.05) is 6.54 Å². The van der Waals surface area contributed by atoms with E-state index >= 15 is 0 Å². The van der Waals surface area contributed by atoms with Crippen LogP contribution in [-0.2, 0) is 10.0 Å². The van der Waals surface area contributed by atoms with Crippen molar-refractivity contribution in [2.75, 3.05) is 6.54 Å². The van der Waals surface area contributed by atoms with E-state index in [1.165, 1.54) is 0 Å². The van der Waals surface area contributed by atoms with Gasteiger partial charge in [-0.25, -0.2) is 13.1 Å². The standard InChI is InChI=1S/C12H19NO2S.2ClH/c1-3-4-5-10-13-16(14,15)12-8-6-11(2)7-9-12;;/h6-9,13H,3-5,10H2,1-2H3;2*1H. The summed E-state index contributed by atoms with van der Waals surface area (Å²) in [4.78, 5) is 0.342. The lowest BCUT2D eigenvalue weighted by atomic mass is 10.2. The first-order valence-corrected chi connectivity index (χ1v) is 7.11. The Bertz CT molecular complexity index is 418. The maximum atomic E-state index is 11.8. The summed E-state index contributed by atoms with van der Waals surface area (Å²) in [5.74, 6) is 0. The zero-order chi connectivity index (χ0) is 12.0. The molecule has 0 saturated heterocycles. The number of hydrogen-bond acceptors (Lipinski definition) is 2. The van der Waals surface area contributed by atoms with Crippen LogP contribution in [0.25, 0.3) is 0 Å². The largest absolute Gasteiger partial charge is 0.240 e. The smallest absolute Gasteiger partial charge is 0.211 e. The highest BCUT2D eigenvalue weighted by molar-refractivity contribution is 7.89. The number of sulfonamides is 1. The molecule has 0 aliphatic carbocycles. The Balaban J connectivity index is 0. The number of unbranched alkanes of at least 4 members (excludes halogenated alkanes) is 2. The van der Waals surface area contributed by atoms with Gasteiger partial charge in [-0.05, 0) is 25.5 Å². The summed E-state index contributed by atoms with van der Waals surface area (Å²) in [6.45, 7) is 4.55. The normalized spacial score (nSPS) is 10.3. The van der Waals surface area contributed by atoms with Gasteiger partial charge in [0.1, 0.15) is 0 Å². The van der Waals surface area contributed by atoms with Crippen molar-refractivity contribution in [2.45, 2.75) is 38.0 Å². The first-order chi connectivity index (χ1) is 7.56. The fraction of sp³-hybridized carbons (Fsp3) is 0.500. The Kier molecular flexibility index (Phi) is 10.7. The summed E-state index contributed by atoms with van der Waals surface area (Å²) in [5, 5.41) is 0. The van der Waals surface area contributed by atoms with E-state index in [2.05, 4.69) is 11.6 Å². The summed E-state index contributed by atoms with van der Waals surface area (Å²) >= 11 is 0. The second-order valence-electron chi connectivity index (χ2n) is 3.92. The lowest BCUT2D eigenvalue weighted by Gasteiger charge is -2.06. The molecule has 0 bridgehead atoms. The van der Waals surface area contributed by atoms with Crippen LogP contribution in [0.2, 0.25) is 0 Å². The average Bonchev–Trinajstić information content (AvgIpc) is 2.25. The van der Waals surface area contributed by atoms with Gasteiger partial charge >= 0.3 is 0 Å². The lowest BCUT2D eigenvalue weighted by molar-refractivity contribution is 0.576. The Morgan fingerprint density at radius 3 is 2.11 bits per heavy atom. The summed E-state index contributed by atoms with van der Waals surface area (Å²) in [5.41, 5.74) is 1.06. The molecule has 18 heavy (non-hydrogen) atoms. The van der Waals surface area contributed by atoms with Crippen molar-refractivity contribution >= 4 is 34.8 Å². The van der Waals surface area contributed by atoms with E-state index in [1.807, 2.05) is 6.92 Å². The molecule has 1 aromatic rings. The van der Waals surface area contributed by atoms with Crippen LogP contribution in [0.3, 0.4) is 0 Å². The van der Waals surface area contributed by atoms with Crippen LogP contribution in [0.5, 0.6) is 0 Å². The van der Waals surface area contributed by atoms with E-state index in [-0.39, 0.29) is 24.8 Å². The molecule has 3 nitrogen and oxygen atoms in total. The lowest BCUT2D eigenvalue weighted by Crippen LogP contribution is -2.24. The Morgan fingerprint density at radius 2 is 1.61 bits per heavy atom. The first-order valence-electron chi connectivity index (χ1n) is 5.62. The predicted molar refractivity (Wildman–Crippen MR) is 80.4 cm³/mol. The molecule has 0 amide bonds. The summed E-state index contributed by atoms with van der Waals surface area (Å²) < 4.78 is 26.2. The molecule has 0 aromatic heterocycles. The van der Waals surface area contributed by atoms with Gasteiger partial charge in [-0.15, -0.1) is 24.8 Å². The average molecular weight is 314 g/mol. The third-order valence-corrected chi connectivity index (χ3v) is 3.88. The molecule has 0 fully saturated rings. The SMILES string of the molecule is CCCCCNS(=O)(=O)c1ccc(C)cc1.Cl.Cl. The fourth-order valence-corrected chi connectivity index (χ4v) is 2.46. The van der Waals surface area contributed by atoms with Gasteiger partial charge in [-0.2, -0.15) is 0 Å². The molecule has 0 radical (unpaired) electrons. The minimum atomic E-state index is -3.31. The highest BCUT2D eigenvalue weighted by Crippen LogP contribution is 2.09. The number of rotatable bonds is 6. The third-order valence-electron chi connectivity index (χ3n) is 2.40. The van der Waals surface area contributed by atoms with Gasteiger partial charge in [-0.3, -0.25) is 0 Å². The predicted octanol–water partition coefficient (Wildman–Crippen LogP) is 3.31. The first kappa shape index (κ1) is 20.0. The van der Waals surface area contributed by atoms with E-state index in [1.54, 1.807) is 24.3 Å². The topological polar surface area (TPSA) is 46.2 Å². The third kappa shape index (κ3) is 6.59. The van der Waals surface area contributed by atoms with Gasteiger partial charge in [0.25, 0.3) is 0 Å². The van der Waals surface area contributed by atoms with E-state index in [0.29, 0.717) is 11.4 Å². The number of hydrogen-bond donors (Lipinski definition) is 1. The van der Waals surface area contributed by atoms with E-state index in [4.69, 9.17) is 0 Å². The zero-order valence-corrected chi connectivity index (χ0v) is 13.1. The highest BCUT2D eigenvalue weighted by atomic mass is 35.5. The minimum absolute atomic E-state index is 0.